The van der Waals surface area contributed by atoms with E-state index in [0.717, 1.165) is 43.9 Å². The average molecular weight is 294 g/mol. The highest BCUT2D eigenvalue weighted by Gasteiger charge is 2.23. The van der Waals surface area contributed by atoms with Gasteiger partial charge in [-0.15, -0.1) is 11.3 Å². The molecule has 112 valence electrons. The molecule has 0 aliphatic carbocycles. The molecule has 5 heteroatoms. The van der Waals surface area contributed by atoms with Gasteiger partial charge in [-0.2, -0.15) is 0 Å². The lowest BCUT2D eigenvalue weighted by atomic mass is 9.92. The van der Waals surface area contributed by atoms with E-state index in [4.69, 9.17) is 0 Å². The van der Waals surface area contributed by atoms with E-state index in [1.807, 2.05) is 13.2 Å². The van der Waals surface area contributed by atoms with Gasteiger partial charge < -0.3 is 10.2 Å². The van der Waals surface area contributed by atoms with E-state index in [9.17, 15) is 0 Å². The number of nitrogens with zero attached hydrogens (tertiary/aromatic N) is 3. The fourth-order valence-electron chi connectivity index (χ4n) is 2.97. The van der Waals surface area contributed by atoms with Crippen molar-refractivity contribution in [1.29, 1.82) is 0 Å². The molecule has 0 saturated carbocycles. The summed E-state index contributed by atoms with van der Waals surface area (Å²) in [6.45, 7) is 9.88. The summed E-state index contributed by atoms with van der Waals surface area (Å²) in [5.74, 6) is 2.54. The zero-order chi connectivity index (χ0) is 14.5. The fraction of sp³-hybridized carbons (Fsp3) is 0.733. The molecule has 2 rings (SSSR count). The van der Waals surface area contributed by atoms with E-state index in [-0.39, 0.29) is 0 Å². The SMILES string of the molecule is CN=C(NCCc1ncc(C)s1)N1CC(C)CC(C)C1. The maximum absolute atomic E-state index is 4.43. The van der Waals surface area contributed by atoms with Gasteiger partial charge in [-0.05, 0) is 25.2 Å². The number of guanidine groups is 1. The van der Waals surface area contributed by atoms with Crippen LogP contribution in [0.15, 0.2) is 11.2 Å². The van der Waals surface area contributed by atoms with Gasteiger partial charge in [0, 0.05) is 44.2 Å². The smallest absolute Gasteiger partial charge is 0.193 e. The van der Waals surface area contributed by atoms with Crippen molar-refractivity contribution in [2.24, 2.45) is 16.8 Å². The van der Waals surface area contributed by atoms with Crippen LogP contribution in [0.25, 0.3) is 0 Å². The van der Waals surface area contributed by atoms with Crippen LogP contribution in [0.1, 0.15) is 30.2 Å². The summed E-state index contributed by atoms with van der Waals surface area (Å²) in [5.41, 5.74) is 0. The molecule has 1 aliphatic heterocycles. The molecule has 0 spiro atoms. The summed E-state index contributed by atoms with van der Waals surface area (Å²) in [7, 11) is 1.87. The van der Waals surface area contributed by atoms with E-state index >= 15 is 0 Å². The van der Waals surface area contributed by atoms with E-state index in [1.165, 1.54) is 16.3 Å². The quantitative estimate of drug-likeness (QED) is 0.688. The van der Waals surface area contributed by atoms with Crippen LogP contribution >= 0.6 is 11.3 Å². The number of likely N-dealkylation sites (tertiary alicyclic amines) is 1. The Bertz CT molecular complexity index is 444. The first kappa shape index (κ1) is 15.3. The topological polar surface area (TPSA) is 40.5 Å². The van der Waals surface area contributed by atoms with Crippen LogP contribution in [0.5, 0.6) is 0 Å². The summed E-state index contributed by atoms with van der Waals surface area (Å²) in [5, 5.41) is 4.68. The van der Waals surface area contributed by atoms with Crippen molar-refractivity contribution in [3.63, 3.8) is 0 Å². The summed E-state index contributed by atoms with van der Waals surface area (Å²) >= 11 is 1.78. The van der Waals surface area contributed by atoms with Crippen molar-refractivity contribution in [1.82, 2.24) is 15.2 Å². The lowest BCUT2D eigenvalue weighted by molar-refractivity contribution is 0.208. The van der Waals surface area contributed by atoms with Gasteiger partial charge in [-0.3, -0.25) is 4.99 Å². The highest BCUT2D eigenvalue weighted by Crippen LogP contribution is 2.20. The summed E-state index contributed by atoms with van der Waals surface area (Å²) in [4.78, 5) is 12.5. The Hall–Kier alpha value is -1.10. The minimum Gasteiger partial charge on any atom is -0.356 e. The number of aliphatic imine (C=N–C) groups is 1. The third kappa shape index (κ3) is 4.20. The number of hydrogen-bond donors (Lipinski definition) is 1. The van der Waals surface area contributed by atoms with Gasteiger partial charge in [0.25, 0.3) is 0 Å². The molecular weight excluding hydrogens is 268 g/mol. The number of rotatable bonds is 3. The van der Waals surface area contributed by atoms with Gasteiger partial charge >= 0.3 is 0 Å². The maximum Gasteiger partial charge on any atom is 0.193 e. The first-order chi connectivity index (χ1) is 9.58. The predicted octanol–water partition coefficient (Wildman–Crippen LogP) is 2.55. The molecule has 2 heterocycles. The molecule has 1 saturated heterocycles. The standard InChI is InChI=1S/C15H26N4S/c1-11-7-12(2)10-19(9-11)15(16-4)17-6-5-14-18-8-13(3)20-14/h8,11-12H,5-7,9-10H2,1-4H3,(H,16,17). The van der Waals surface area contributed by atoms with Gasteiger partial charge in [0.15, 0.2) is 5.96 Å². The van der Waals surface area contributed by atoms with Crippen LogP contribution in [0.2, 0.25) is 0 Å². The van der Waals surface area contributed by atoms with Gasteiger partial charge in [-0.1, -0.05) is 13.8 Å². The highest BCUT2D eigenvalue weighted by molar-refractivity contribution is 7.11. The molecular formula is C15H26N4S. The van der Waals surface area contributed by atoms with Crippen molar-refractivity contribution in [3.8, 4) is 0 Å². The van der Waals surface area contributed by atoms with Crippen LogP contribution in [0, 0.1) is 18.8 Å². The Morgan fingerprint density at radius 3 is 2.70 bits per heavy atom. The van der Waals surface area contributed by atoms with Crippen molar-refractivity contribution in [2.75, 3.05) is 26.7 Å². The van der Waals surface area contributed by atoms with Crippen LogP contribution in [0.4, 0.5) is 0 Å². The molecule has 2 unspecified atom stereocenters. The Morgan fingerprint density at radius 1 is 1.45 bits per heavy atom. The molecule has 0 radical (unpaired) electrons. The van der Waals surface area contributed by atoms with Gasteiger partial charge in [0.05, 0.1) is 5.01 Å². The molecule has 1 fully saturated rings. The number of hydrogen-bond acceptors (Lipinski definition) is 3. The monoisotopic (exact) mass is 294 g/mol. The summed E-state index contributed by atoms with van der Waals surface area (Å²) in [6.07, 6.45) is 4.24. The first-order valence-corrected chi connectivity index (χ1v) is 8.27. The zero-order valence-corrected chi connectivity index (χ0v) is 13.8. The second kappa shape index (κ2) is 7.07. The summed E-state index contributed by atoms with van der Waals surface area (Å²) in [6, 6.07) is 0. The van der Waals surface area contributed by atoms with E-state index in [2.05, 4.69) is 41.0 Å². The van der Waals surface area contributed by atoms with Crippen molar-refractivity contribution in [3.05, 3.63) is 16.1 Å². The Kier molecular flexibility index (Phi) is 5.40. The molecule has 4 nitrogen and oxygen atoms in total. The van der Waals surface area contributed by atoms with Crippen molar-refractivity contribution >= 4 is 17.3 Å². The molecule has 1 aromatic heterocycles. The Balaban J connectivity index is 1.83. The van der Waals surface area contributed by atoms with Crippen molar-refractivity contribution < 1.29 is 0 Å². The predicted molar refractivity (Wildman–Crippen MR) is 86.4 cm³/mol. The lowest BCUT2D eigenvalue weighted by Crippen LogP contribution is -2.48. The molecule has 1 aliphatic rings. The lowest BCUT2D eigenvalue weighted by Gasteiger charge is -2.37. The minimum atomic E-state index is 0.749. The molecule has 0 amide bonds. The third-order valence-corrected chi connectivity index (χ3v) is 4.64. The number of nitrogens with one attached hydrogen (secondary N) is 1. The maximum atomic E-state index is 4.43. The fourth-order valence-corrected chi connectivity index (χ4v) is 3.75. The zero-order valence-electron chi connectivity index (χ0n) is 13.0. The number of thiazole rings is 1. The molecule has 20 heavy (non-hydrogen) atoms. The largest absolute Gasteiger partial charge is 0.356 e. The Morgan fingerprint density at radius 2 is 2.15 bits per heavy atom. The molecule has 2 atom stereocenters. The number of aromatic nitrogens is 1. The minimum absolute atomic E-state index is 0.749. The highest BCUT2D eigenvalue weighted by atomic mass is 32.1. The van der Waals surface area contributed by atoms with Crippen LogP contribution in [0.3, 0.4) is 0 Å². The van der Waals surface area contributed by atoms with E-state index in [0.29, 0.717) is 0 Å². The molecule has 0 bridgehead atoms. The van der Waals surface area contributed by atoms with Gasteiger partial charge in [0.1, 0.15) is 0 Å². The average Bonchev–Trinajstić information content (AvgIpc) is 2.79. The van der Waals surface area contributed by atoms with Gasteiger partial charge in [-0.25, -0.2) is 4.98 Å². The molecule has 1 aromatic rings. The van der Waals surface area contributed by atoms with Gasteiger partial charge in [0.2, 0.25) is 0 Å². The van der Waals surface area contributed by atoms with Crippen LogP contribution < -0.4 is 5.32 Å². The Labute approximate surface area is 126 Å². The first-order valence-electron chi connectivity index (χ1n) is 7.45. The van der Waals surface area contributed by atoms with Crippen LogP contribution in [-0.4, -0.2) is 42.5 Å². The van der Waals surface area contributed by atoms with E-state index < -0.39 is 0 Å². The second-order valence-electron chi connectivity index (χ2n) is 5.94. The van der Waals surface area contributed by atoms with Crippen LogP contribution in [-0.2, 0) is 6.42 Å². The second-order valence-corrected chi connectivity index (χ2v) is 7.26. The molecule has 1 N–H and O–H groups in total. The number of piperidine rings is 1. The normalized spacial score (nSPS) is 24.0. The number of aryl methyl sites for hydroxylation is 1. The van der Waals surface area contributed by atoms with Crippen molar-refractivity contribution in [2.45, 2.75) is 33.6 Å². The summed E-state index contributed by atoms with van der Waals surface area (Å²) < 4.78 is 0. The third-order valence-electron chi connectivity index (χ3n) is 3.67. The molecule has 0 aromatic carbocycles. The van der Waals surface area contributed by atoms with E-state index in [1.54, 1.807) is 11.3 Å².